The van der Waals surface area contributed by atoms with Gasteiger partial charge in [0.25, 0.3) is 5.91 Å². The average molecular weight is 484 g/mol. The van der Waals surface area contributed by atoms with Crippen molar-refractivity contribution in [3.05, 3.63) is 90.0 Å². The van der Waals surface area contributed by atoms with Crippen molar-refractivity contribution in [2.75, 3.05) is 20.3 Å². The first-order chi connectivity index (χ1) is 17.6. The fourth-order valence-electron chi connectivity index (χ4n) is 3.62. The van der Waals surface area contributed by atoms with Crippen molar-refractivity contribution in [1.29, 1.82) is 0 Å². The van der Waals surface area contributed by atoms with Gasteiger partial charge in [-0.3, -0.25) is 4.79 Å². The highest BCUT2D eigenvalue weighted by Gasteiger charge is 2.15. The van der Waals surface area contributed by atoms with Crippen LogP contribution in [0.25, 0.3) is 22.2 Å². The number of esters is 1. The molecule has 0 unspecified atom stereocenters. The molecule has 1 amide bonds. The summed E-state index contributed by atoms with van der Waals surface area (Å²) in [7, 11) is 1.49. The number of methoxy groups -OCH3 is 1. The lowest BCUT2D eigenvalue weighted by Crippen LogP contribution is -2.19. The molecule has 0 radical (unpaired) electrons. The number of hydrogen-bond acceptors (Lipinski definition) is 7. The fourth-order valence-corrected chi connectivity index (χ4v) is 3.62. The number of carbonyl (C=O) groups excluding carboxylic acids is 2. The van der Waals surface area contributed by atoms with Crippen LogP contribution in [0, 0.1) is 0 Å². The van der Waals surface area contributed by atoms with Crippen LogP contribution in [0.2, 0.25) is 0 Å². The number of nitrogens with one attached hydrogen (secondary N) is 1. The zero-order chi connectivity index (χ0) is 25.3. The van der Waals surface area contributed by atoms with E-state index in [9.17, 15) is 9.59 Å². The number of amides is 1. The number of benzene rings is 3. The van der Waals surface area contributed by atoms with E-state index in [0.717, 1.165) is 5.56 Å². The molecule has 1 N–H and O–H groups in total. The third-order valence-corrected chi connectivity index (χ3v) is 5.27. The molecule has 0 aliphatic rings. The van der Waals surface area contributed by atoms with Crippen LogP contribution in [0.4, 0.5) is 0 Å². The van der Waals surface area contributed by atoms with E-state index in [4.69, 9.17) is 19.2 Å². The van der Waals surface area contributed by atoms with Crippen LogP contribution in [-0.2, 0) is 9.53 Å². The van der Waals surface area contributed by atoms with Gasteiger partial charge >= 0.3 is 5.97 Å². The molecule has 8 nitrogen and oxygen atoms in total. The Morgan fingerprint density at radius 2 is 1.78 bits per heavy atom. The molecule has 4 rings (SSSR count). The number of nitrogens with zero attached hydrogens (tertiary/aromatic N) is 2. The molecule has 1 aromatic heterocycles. The van der Waals surface area contributed by atoms with E-state index in [1.54, 1.807) is 31.2 Å². The van der Waals surface area contributed by atoms with Crippen molar-refractivity contribution in [3.63, 3.8) is 0 Å². The minimum absolute atomic E-state index is 0.254. The summed E-state index contributed by atoms with van der Waals surface area (Å²) in [5, 5.41) is 4.84. The number of para-hydroxylation sites is 2. The first-order valence-corrected chi connectivity index (χ1v) is 11.3. The smallest absolute Gasteiger partial charge is 0.344 e. The predicted molar refractivity (Wildman–Crippen MR) is 137 cm³/mol. The van der Waals surface area contributed by atoms with Gasteiger partial charge in [-0.1, -0.05) is 54.6 Å². The van der Waals surface area contributed by atoms with Gasteiger partial charge in [0.15, 0.2) is 18.1 Å². The van der Waals surface area contributed by atoms with Crippen molar-refractivity contribution in [1.82, 2.24) is 10.4 Å². The molecule has 0 aliphatic carbocycles. The lowest BCUT2D eigenvalue weighted by Gasteiger charge is -2.12. The van der Waals surface area contributed by atoms with Crippen molar-refractivity contribution in [2.24, 2.45) is 5.10 Å². The fraction of sp³-hybridized carbons (Fsp3) is 0.143. The van der Waals surface area contributed by atoms with Crippen LogP contribution >= 0.6 is 0 Å². The van der Waals surface area contributed by atoms with E-state index < -0.39 is 5.97 Å². The minimum atomic E-state index is -0.501. The maximum Gasteiger partial charge on any atom is 0.344 e. The van der Waals surface area contributed by atoms with Gasteiger partial charge in [0.05, 0.1) is 36.7 Å². The quantitative estimate of drug-likeness (QED) is 0.212. The number of fused-ring (bicyclic) bond motifs is 1. The van der Waals surface area contributed by atoms with Crippen molar-refractivity contribution in [2.45, 2.75) is 6.92 Å². The Labute approximate surface area is 208 Å². The standard InChI is InChI=1S/C28H25N3O5/c1-3-35-26(32)18-36-27-20(12-9-15-25(27)34-2)17-29-31-28(33)22-16-24(19-10-5-4-6-11-19)30-23-14-8-7-13-21(22)23/h4-17H,3,18H2,1-2H3,(H,31,33)/b29-17-. The molecular formula is C28H25N3O5. The second-order valence-electron chi connectivity index (χ2n) is 7.61. The van der Waals surface area contributed by atoms with E-state index in [1.807, 2.05) is 54.6 Å². The number of hydrogen-bond donors (Lipinski definition) is 1. The number of hydrazone groups is 1. The van der Waals surface area contributed by atoms with Crippen molar-refractivity contribution >= 4 is 29.0 Å². The Balaban J connectivity index is 1.59. The summed E-state index contributed by atoms with van der Waals surface area (Å²) in [5.41, 5.74) is 5.84. The summed E-state index contributed by atoms with van der Waals surface area (Å²) < 4.78 is 15.9. The van der Waals surface area contributed by atoms with Crippen LogP contribution in [-0.4, -0.2) is 43.4 Å². The summed E-state index contributed by atoms with van der Waals surface area (Å²) >= 11 is 0. The SMILES string of the molecule is CCOC(=O)COc1c(/C=N\NC(=O)c2cc(-c3ccccc3)nc3ccccc23)cccc1OC. The Morgan fingerprint density at radius 3 is 2.56 bits per heavy atom. The number of aromatic nitrogens is 1. The van der Waals surface area contributed by atoms with Crippen LogP contribution in [0.3, 0.4) is 0 Å². The molecule has 0 bridgehead atoms. The van der Waals surface area contributed by atoms with Gasteiger partial charge in [-0.15, -0.1) is 0 Å². The molecule has 182 valence electrons. The van der Waals surface area contributed by atoms with Gasteiger partial charge in [-0.05, 0) is 31.2 Å². The van der Waals surface area contributed by atoms with E-state index >= 15 is 0 Å². The number of carbonyl (C=O) groups is 2. The lowest BCUT2D eigenvalue weighted by atomic mass is 10.0. The lowest BCUT2D eigenvalue weighted by molar-refractivity contribution is -0.145. The zero-order valence-corrected chi connectivity index (χ0v) is 19.9. The molecule has 0 aliphatic heterocycles. The van der Waals surface area contributed by atoms with E-state index in [0.29, 0.717) is 39.2 Å². The normalized spacial score (nSPS) is 10.8. The summed E-state index contributed by atoms with van der Waals surface area (Å²) in [6.45, 7) is 1.69. The number of rotatable bonds is 9. The molecular weight excluding hydrogens is 458 g/mol. The van der Waals surface area contributed by atoms with E-state index in [1.165, 1.54) is 13.3 Å². The second-order valence-corrected chi connectivity index (χ2v) is 7.61. The van der Waals surface area contributed by atoms with Crippen molar-refractivity contribution < 1.29 is 23.8 Å². The Bertz CT molecular complexity index is 1400. The van der Waals surface area contributed by atoms with E-state index in [2.05, 4.69) is 10.5 Å². The molecule has 0 fully saturated rings. The largest absolute Gasteiger partial charge is 0.493 e. The van der Waals surface area contributed by atoms with Gasteiger partial charge in [0.1, 0.15) is 0 Å². The molecule has 8 heteroatoms. The number of pyridine rings is 1. The molecule has 1 heterocycles. The Morgan fingerprint density at radius 1 is 1.00 bits per heavy atom. The van der Waals surface area contributed by atoms with Crippen LogP contribution in [0.15, 0.2) is 84.0 Å². The van der Waals surface area contributed by atoms with Gasteiger partial charge in [0.2, 0.25) is 0 Å². The zero-order valence-electron chi connectivity index (χ0n) is 19.9. The number of ether oxygens (including phenoxy) is 3. The molecule has 0 spiro atoms. The van der Waals surface area contributed by atoms with Gasteiger partial charge in [-0.25, -0.2) is 15.2 Å². The highest BCUT2D eigenvalue weighted by atomic mass is 16.6. The monoisotopic (exact) mass is 483 g/mol. The minimum Gasteiger partial charge on any atom is -0.493 e. The third kappa shape index (κ3) is 5.67. The van der Waals surface area contributed by atoms with Gasteiger partial charge in [0, 0.05) is 16.5 Å². The molecule has 4 aromatic rings. The molecule has 0 saturated heterocycles. The van der Waals surface area contributed by atoms with Crippen LogP contribution < -0.4 is 14.9 Å². The van der Waals surface area contributed by atoms with Gasteiger partial charge < -0.3 is 14.2 Å². The predicted octanol–water partition coefficient (Wildman–Crippen LogP) is 4.62. The second kappa shape index (κ2) is 11.6. The first kappa shape index (κ1) is 24.4. The maximum atomic E-state index is 13.2. The highest BCUT2D eigenvalue weighted by molar-refractivity contribution is 6.07. The van der Waals surface area contributed by atoms with Gasteiger partial charge in [-0.2, -0.15) is 5.10 Å². The summed E-state index contributed by atoms with van der Waals surface area (Å²) in [6, 6.07) is 24.0. The summed E-state index contributed by atoms with van der Waals surface area (Å²) in [4.78, 5) is 29.6. The molecule has 36 heavy (non-hydrogen) atoms. The van der Waals surface area contributed by atoms with Crippen molar-refractivity contribution in [3.8, 4) is 22.8 Å². The molecule has 3 aromatic carbocycles. The summed E-state index contributed by atoms with van der Waals surface area (Å²) in [6.07, 6.45) is 1.43. The van der Waals surface area contributed by atoms with Crippen LogP contribution in [0.1, 0.15) is 22.8 Å². The third-order valence-electron chi connectivity index (χ3n) is 5.27. The molecule has 0 saturated carbocycles. The first-order valence-electron chi connectivity index (χ1n) is 11.3. The van der Waals surface area contributed by atoms with Crippen LogP contribution in [0.5, 0.6) is 11.5 Å². The molecule has 0 atom stereocenters. The average Bonchev–Trinajstić information content (AvgIpc) is 2.92. The van der Waals surface area contributed by atoms with E-state index in [-0.39, 0.29) is 19.1 Å². The summed E-state index contributed by atoms with van der Waals surface area (Å²) in [5.74, 6) is -0.161. The maximum absolute atomic E-state index is 13.2. The Hall–Kier alpha value is -4.72. The highest BCUT2D eigenvalue weighted by Crippen LogP contribution is 2.30. The Kier molecular flexibility index (Phi) is 7.87. The topological polar surface area (TPSA) is 99.1 Å².